The van der Waals surface area contributed by atoms with Crippen molar-refractivity contribution < 1.29 is 0 Å². The second-order valence-corrected chi connectivity index (χ2v) is 4.14. The van der Waals surface area contributed by atoms with E-state index in [-0.39, 0.29) is 0 Å². The molecule has 0 saturated carbocycles. The smallest absolute Gasteiger partial charge is 0.0945 e. The molecule has 2 aromatic heterocycles. The Morgan fingerprint density at radius 1 is 1.35 bits per heavy atom. The van der Waals surface area contributed by atoms with Crippen LogP contribution in [0.4, 0.5) is 0 Å². The van der Waals surface area contributed by atoms with E-state index in [4.69, 9.17) is 0 Å². The lowest BCUT2D eigenvalue weighted by atomic mass is 10.2. The van der Waals surface area contributed by atoms with Gasteiger partial charge in [-0.3, -0.25) is 4.98 Å². The van der Waals surface area contributed by atoms with Gasteiger partial charge in [-0.15, -0.1) is 0 Å². The summed E-state index contributed by atoms with van der Waals surface area (Å²) in [5.41, 5.74) is 2.36. The van der Waals surface area contributed by atoms with E-state index in [1.165, 1.54) is 5.56 Å². The highest BCUT2D eigenvalue weighted by molar-refractivity contribution is 5.14. The zero-order valence-electron chi connectivity index (χ0n) is 10.1. The van der Waals surface area contributed by atoms with Gasteiger partial charge < -0.3 is 9.88 Å². The molecule has 0 spiro atoms. The van der Waals surface area contributed by atoms with E-state index in [1.54, 1.807) is 0 Å². The minimum atomic E-state index is 0.910. The van der Waals surface area contributed by atoms with Crippen molar-refractivity contribution in [2.24, 2.45) is 0 Å². The van der Waals surface area contributed by atoms with Crippen molar-refractivity contribution in [3.8, 4) is 0 Å². The normalized spacial score (nSPS) is 10.6. The van der Waals surface area contributed by atoms with Crippen molar-refractivity contribution in [2.75, 3.05) is 6.54 Å². The van der Waals surface area contributed by atoms with E-state index in [9.17, 15) is 0 Å². The number of nitrogens with one attached hydrogen (secondary N) is 1. The quantitative estimate of drug-likeness (QED) is 0.769. The molecule has 0 aliphatic rings. The summed E-state index contributed by atoms with van der Waals surface area (Å²) in [7, 11) is 0. The maximum Gasteiger partial charge on any atom is 0.0945 e. The monoisotopic (exact) mass is 230 g/mol. The van der Waals surface area contributed by atoms with Gasteiger partial charge in [0.05, 0.1) is 6.33 Å². The lowest BCUT2D eigenvalue weighted by Gasteiger charge is -2.05. The molecule has 4 nitrogen and oxygen atoms in total. The third-order valence-electron chi connectivity index (χ3n) is 2.62. The molecule has 90 valence electrons. The summed E-state index contributed by atoms with van der Waals surface area (Å²) in [6.07, 6.45) is 8.63. The standard InChI is InChI=1S/C13H18N4/c1-12-9-13(3-5-16-12)10-14-4-2-7-17-8-6-15-11-17/h3,5-6,8-9,11,14H,2,4,7,10H2,1H3. The van der Waals surface area contributed by atoms with Gasteiger partial charge in [0.25, 0.3) is 0 Å². The van der Waals surface area contributed by atoms with E-state index in [2.05, 4.69) is 32.0 Å². The molecule has 0 radical (unpaired) electrons. The van der Waals surface area contributed by atoms with E-state index < -0.39 is 0 Å². The van der Waals surface area contributed by atoms with E-state index >= 15 is 0 Å². The van der Waals surface area contributed by atoms with E-state index in [0.717, 1.165) is 31.7 Å². The molecule has 0 unspecified atom stereocenters. The third kappa shape index (κ3) is 4.00. The molecule has 0 atom stereocenters. The van der Waals surface area contributed by atoms with Gasteiger partial charge in [-0.05, 0) is 37.6 Å². The summed E-state index contributed by atoms with van der Waals surface area (Å²) >= 11 is 0. The van der Waals surface area contributed by atoms with Crippen LogP contribution in [0.2, 0.25) is 0 Å². The molecule has 0 fully saturated rings. The first-order valence-electron chi connectivity index (χ1n) is 5.92. The highest BCUT2D eigenvalue weighted by Crippen LogP contribution is 1.99. The van der Waals surface area contributed by atoms with E-state index in [1.807, 2.05) is 31.8 Å². The maximum atomic E-state index is 4.18. The minimum absolute atomic E-state index is 0.910. The molecule has 0 aliphatic carbocycles. The average molecular weight is 230 g/mol. The zero-order valence-corrected chi connectivity index (χ0v) is 10.1. The number of rotatable bonds is 6. The molecule has 0 aromatic carbocycles. The summed E-state index contributed by atoms with van der Waals surface area (Å²) in [4.78, 5) is 8.19. The lowest BCUT2D eigenvalue weighted by Crippen LogP contribution is -2.16. The first kappa shape index (κ1) is 11.8. The highest BCUT2D eigenvalue weighted by Gasteiger charge is 1.94. The van der Waals surface area contributed by atoms with Crippen LogP contribution in [0.5, 0.6) is 0 Å². The fraction of sp³-hybridized carbons (Fsp3) is 0.385. The van der Waals surface area contributed by atoms with Crippen molar-refractivity contribution in [3.05, 3.63) is 48.3 Å². The van der Waals surface area contributed by atoms with Crippen molar-refractivity contribution in [1.29, 1.82) is 0 Å². The van der Waals surface area contributed by atoms with Gasteiger partial charge in [0.15, 0.2) is 0 Å². The van der Waals surface area contributed by atoms with Gasteiger partial charge in [0.1, 0.15) is 0 Å². The molecule has 4 heteroatoms. The number of pyridine rings is 1. The van der Waals surface area contributed by atoms with Gasteiger partial charge in [-0.25, -0.2) is 4.98 Å². The summed E-state index contributed by atoms with van der Waals surface area (Å²) < 4.78 is 2.10. The molecule has 17 heavy (non-hydrogen) atoms. The number of hydrogen-bond acceptors (Lipinski definition) is 3. The molecule has 0 bridgehead atoms. The molecule has 0 amide bonds. The van der Waals surface area contributed by atoms with Crippen LogP contribution in [0.1, 0.15) is 17.7 Å². The lowest BCUT2D eigenvalue weighted by molar-refractivity contribution is 0.580. The number of hydrogen-bond donors (Lipinski definition) is 1. The largest absolute Gasteiger partial charge is 0.337 e. The van der Waals surface area contributed by atoms with Crippen LogP contribution in [0.25, 0.3) is 0 Å². The number of aromatic nitrogens is 3. The Bertz CT molecular complexity index is 436. The maximum absolute atomic E-state index is 4.18. The molecule has 1 N–H and O–H groups in total. The fourth-order valence-corrected chi connectivity index (χ4v) is 1.75. The Balaban J connectivity index is 1.63. The third-order valence-corrected chi connectivity index (χ3v) is 2.62. The predicted octanol–water partition coefficient (Wildman–Crippen LogP) is 1.77. The Hall–Kier alpha value is -1.68. The Morgan fingerprint density at radius 2 is 2.29 bits per heavy atom. The summed E-state index contributed by atoms with van der Waals surface area (Å²) in [6.45, 7) is 4.96. The minimum Gasteiger partial charge on any atom is -0.337 e. The first-order chi connectivity index (χ1) is 8.34. The molecule has 0 aliphatic heterocycles. The van der Waals surface area contributed by atoms with Gasteiger partial charge in [-0.2, -0.15) is 0 Å². The molecule has 2 heterocycles. The molecule has 2 aromatic rings. The van der Waals surface area contributed by atoms with Gasteiger partial charge in [-0.1, -0.05) is 0 Å². The van der Waals surface area contributed by atoms with Crippen molar-refractivity contribution in [3.63, 3.8) is 0 Å². The van der Waals surface area contributed by atoms with Gasteiger partial charge in [0.2, 0.25) is 0 Å². The second-order valence-electron chi connectivity index (χ2n) is 4.14. The fourth-order valence-electron chi connectivity index (χ4n) is 1.75. The molecule has 0 saturated heterocycles. The van der Waals surface area contributed by atoms with Crippen LogP contribution in [0.3, 0.4) is 0 Å². The average Bonchev–Trinajstić information content (AvgIpc) is 2.82. The molecular formula is C13H18N4. The highest BCUT2D eigenvalue weighted by atomic mass is 15.0. The van der Waals surface area contributed by atoms with Crippen molar-refractivity contribution in [1.82, 2.24) is 19.9 Å². The van der Waals surface area contributed by atoms with Crippen LogP contribution in [-0.4, -0.2) is 21.1 Å². The summed E-state index contributed by atoms with van der Waals surface area (Å²) in [6, 6.07) is 4.17. The van der Waals surface area contributed by atoms with Crippen LogP contribution >= 0.6 is 0 Å². The first-order valence-corrected chi connectivity index (χ1v) is 5.92. The predicted molar refractivity (Wildman–Crippen MR) is 67.5 cm³/mol. The Kier molecular flexibility index (Phi) is 4.27. The summed E-state index contributed by atoms with van der Waals surface area (Å²) in [5, 5.41) is 3.43. The number of aryl methyl sites for hydroxylation is 2. The molecule has 2 rings (SSSR count). The van der Waals surface area contributed by atoms with Crippen LogP contribution in [0.15, 0.2) is 37.1 Å². The molecular weight excluding hydrogens is 212 g/mol. The van der Waals surface area contributed by atoms with Gasteiger partial charge >= 0.3 is 0 Å². The van der Waals surface area contributed by atoms with Crippen molar-refractivity contribution >= 4 is 0 Å². The zero-order chi connectivity index (χ0) is 11.9. The SMILES string of the molecule is Cc1cc(CNCCCn2ccnc2)ccn1. The number of nitrogens with zero attached hydrogens (tertiary/aromatic N) is 3. The summed E-state index contributed by atoms with van der Waals surface area (Å²) in [5.74, 6) is 0. The van der Waals surface area contributed by atoms with E-state index in [0.29, 0.717) is 0 Å². The topological polar surface area (TPSA) is 42.7 Å². The number of imidazole rings is 1. The van der Waals surface area contributed by atoms with Gasteiger partial charge in [0, 0.05) is 37.4 Å². The van der Waals surface area contributed by atoms with Crippen LogP contribution in [-0.2, 0) is 13.1 Å². The second kappa shape index (κ2) is 6.15. The Morgan fingerprint density at radius 3 is 3.06 bits per heavy atom. The van der Waals surface area contributed by atoms with Crippen LogP contribution < -0.4 is 5.32 Å². The van der Waals surface area contributed by atoms with Crippen molar-refractivity contribution in [2.45, 2.75) is 26.4 Å². The Labute approximate surface area is 102 Å². The van der Waals surface area contributed by atoms with Crippen LogP contribution in [0, 0.1) is 6.92 Å².